The SMILES string of the molecule is COc1ccccc1C(N)CN1CCn2ccnc2C1. The van der Waals surface area contributed by atoms with Crippen LogP contribution in [0.15, 0.2) is 36.7 Å². The molecule has 1 aromatic carbocycles. The lowest BCUT2D eigenvalue weighted by Gasteiger charge is -2.30. The highest BCUT2D eigenvalue weighted by Gasteiger charge is 2.20. The average Bonchev–Trinajstić information content (AvgIpc) is 2.94. The van der Waals surface area contributed by atoms with E-state index in [1.165, 1.54) is 0 Å². The summed E-state index contributed by atoms with van der Waals surface area (Å²) in [5.41, 5.74) is 7.41. The molecular weight excluding hydrogens is 252 g/mol. The van der Waals surface area contributed by atoms with Crippen molar-refractivity contribution in [1.82, 2.24) is 14.5 Å². The quantitative estimate of drug-likeness (QED) is 0.914. The Hall–Kier alpha value is -1.85. The third-order valence-corrected chi connectivity index (χ3v) is 3.82. The van der Waals surface area contributed by atoms with Crippen LogP contribution in [-0.4, -0.2) is 34.7 Å². The molecule has 0 amide bonds. The maximum absolute atomic E-state index is 6.35. The van der Waals surface area contributed by atoms with Gasteiger partial charge in [0.2, 0.25) is 0 Å². The molecule has 106 valence electrons. The van der Waals surface area contributed by atoms with E-state index in [1.807, 2.05) is 36.7 Å². The van der Waals surface area contributed by atoms with Crippen molar-refractivity contribution in [2.24, 2.45) is 5.73 Å². The van der Waals surface area contributed by atoms with Crippen LogP contribution in [0, 0.1) is 0 Å². The number of nitrogens with two attached hydrogens (primary N) is 1. The van der Waals surface area contributed by atoms with Crippen molar-refractivity contribution in [3.8, 4) is 5.75 Å². The molecule has 2 N–H and O–H groups in total. The molecule has 20 heavy (non-hydrogen) atoms. The van der Waals surface area contributed by atoms with E-state index in [1.54, 1.807) is 7.11 Å². The van der Waals surface area contributed by atoms with Crippen molar-refractivity contribution in [2.75, 3.05) is 20.2 Å². The van der Waals surface area contributed by atoms with Gasteiger partial charge in [-0.25, -0.2) is 4.98 Å². The van der Waals surface area contributed by atoms with Crippen LogP contribution in [0.25, 0.3) is 0 Å². The van der Waals surface area contributed by atoms with Gasteiger partial charge in [-0.2, -0.15) is 0 Å². The van der Waals surface area contributed by atoms with Gasteiger partial charge in [-0.1, -0.05) is 18.2 Å². The van der Waals surface area contributed by atoms with Gasteiger partial charge in [0.15, 0.2) is 0 Å². The van der Waals surface area contributed by atoms with E-state index in [4.69, 9.17) is 10.5 Å². The predicted molar refractivity (Wildman–Crippen MR) is 77.4 cm³/mol. The molecule has 2 heterocycles. The van der Waals surface area contributed by atoms with E-state index < -0.39 is 0 Å². The number of hydrogen-bond acceptors (Lipinski definition) is 4. The van der Waals surface area contributed by atoms with Gasteiger partial charge in [0.1, 0.15) is 11.6 Å². The smallest absolute Gasteiger partial charge is 0.123 e. The summed E-state index contributed by atoms with van der Waals surface area (Å²) in [6, 6.07) is 7.91. The Morgan fingerprint density at radius 2 is 2.20 bits per heavy atom. The van der Waals surface area contributed by atoms with Gasteiger partial charge >= 0.3 is 0 Å². The third kappa shape index (κ3) is 2.55. The van der Waals surface area contributed by atoms with Crippen molar-refractivity contribution in [1.29, 1.82) is 0 Å². The van der Waals surface area contributed by atoms with Crippen LogP contribution in [-0.2, 0) is 13.1 Å². The van der Waals surface area contributed by atoms with Crippen molar-refractivity contribution < 1.29 is 4.74 Å². The average molecular weight is 272 g/mol. The summed E-state index contributed by atoms with van der Waals surface area (Å²) in [5, 5.41) is 0. The molecular formula is C15H20N4O. The highest BCUT2D eigenvalue weighted by molar-refractivity contribution is 5.35. The maximum Gasteiger partial charge on any atom is 0.123 e. The summed E-state index contributed by atoms with van der Waals surface area (Å²) >= 11 is 0. The van der Waals surface area contributed by atoms with Crippen LogP contribution in [0.3, 0.4) is 0 Å². The molecule has 0 aliphatic carbocycles. The van der Waals surface area contributed by atoms with Gasteiger partial charge in [0, 0.05) is 43.6 Å². The number of nitrogens with zero attached hydrogens (tertiary/aromatic N) is 3. The van der Waals surface area contributed by atoms with E-state index >= 15 is 0 Å². The van der Waals surface area contributed by atoms with Gasteiger partial charge in [-0.15, -0.1) is 0 Å². The van der Waals surface area contributed by atoms with Crippen molar-refractivity contribution >= 4 is 0 Å². The maximum atomic E-state index is 6.35. The minimum Gasteiger partial charge on any atom is -0.496 e. The lowest BCUT2D eigenvalue weighted by Crippen LogP contribution is -2.38. The van der Waals surface area contributed by atoms with Crippen LogP contribution < -0.4 is 10.5 Å². The van der Waals surface area contributed by atoms with E-state index in [9.17, 15) is 0 Å². The fourth-order valence-corrected chi connectivity index (χ4v) is 2.73. The molecule has 5 heteroatoms. The zero-order valence-corrected chi connectivity index (χ0v) is 11.7. The summed E-state index contributed by atoms with van der Waals surface area (Å²) in [6.07, 6.45) is 3.89. The summed E-state index contributed by atoms with van der Waals surface area (Å²) < 4.78 is 7.58. The van der Waals surface area contributed by atoms with Crippen LogP contribution in [0.1, 0.15) is 17.4 Å². The minimum absolute atomic E-state index is 0.0485. The first-order chi connectivity index (χ1) is 9.78. The largest absolute Gasteiger partial charge is 0.496 e. The van der Waals surface area contributed by atoms with Gasteiger partial charge in [0.05, 0.1) is 13.7 Å². The first-order valence-electron chi connectivity index (χ1n) is 6.89. The summed E-state index contributed by atoms with van der Waals surface area (Å²) in [6.45, 7) is 3.66. The summed E-state index contributed by atoms with van der Waals surface area (Å²) in [4.78, 5) is 6.72. The van der Waals surface area contributed by atoms with Crippen LogP contribution in [0.4, 0.5) is 0 Å². The third-order valence-electron chi connectivity index (χ3n) is 3.82. The Labute approximate surface area is 119 Å². The van der Waals surface area contributed by atoms with Crippen molar-refractivity contribution in [3.05, 3.63) is 48.0 Å². The van der Waals surface area contributed by atoms with Crippen LogP contribution >= 0.6 is 0 Å². The van der Waals surface area contributed by atoms with Gasteiger partial charge < -0.3 is 15.0 Å². The second-order valence-corrected chi connectivity index (χ2v) is 5.12. The number of hydrogen-bond donors (Lipinski definition) is 1. The van der Waals surface area contributed by atoms with Gasteiger partial charge in [0.25, 0.3) is 0 Å². The van der Waals surface area contributed by atoms with Gasteiger partial charge in [-0.3, -0.25) is 4.90 Å². The second-order valence-electron chi connectivity index (χ2n) is 5.12. The van der Waals surface area contributed by atoms with E-state index in [2.05, 4.69) is 14.5 Å². The topological polar surface area (TPSA) is 56.3 Å². The highest BCUT2D eigenvalue weighted by Crippen LogP contribution is 2.24. The van der Waals surface area contributed by atoms with Crippen LogP contribution in [0.5, 0.6) is 5.75 Å². The monoisotopic (exact) mass is 272 g/mol. The normalized spacial score (nSPS) is 16.7. The first-order valence-corrected chi connectivity index (χ1v) is 6.89. The first kappa shape index (κ1) is 13.1. The summed E-state index contributed by atoms with van der Waals surface area (Å²) in [5.74, 6) is 1.97. The Kier molecular flexibility index (Phi) is 3.71. The molecule has 0 fully saturated rings. The lowest BCUT2D eigenvalue weighted by molar-refractivity contribution is 0.204. The van der Waals surface area contributed by atoms with Crippen molar-refractivity contribution in [2.45, 2.75) is 19.1 Å². The molecule has 1 atom stereocenters. The molecule has 1 unspecified atom stereocenters. The van der Waals surface area contributed by atoms with Crippen molar-refractivity contribution in [3.63, 3.8) is 0 Å². The number of benzene rings is 1. The standard InChI is InChI=1S/C15H20N4O/c1-20-14-5-3-2-4-12(14)13(16)10-18-8-9-19-7-6-17-15(19)11-18/h2-7,13H,8-11,16H2,1H3. The fraction of sp³-hybridized carbons (Fsp3) is 0.400. The lowest BCUT2D eigenvalue weighted by atomic mass is 10.1. The molecule has 5 nitrogen and oxygen atoms in total. The fourth-order valence-electron chi connectivity index (χ4n) is 2.73. The molecule has 0 bridgehead atoms. The molecule has 2 aromatic rings. The Morgan fingerprint density at radius 1 is 1.35 bits per heavy atom. The Bertz CT molecular complexity index is 581. The number of aromatic nitrogens is 2. The molecule has 1 aliphatic heterocycles. The molecule has 1 aromatic heterocycles. The zero-order valence-electron chi connectivity index (χ0n) is 11.7. The number of imidazole rings is 1. The van der Waals surface area contributed by atoms with E-state index in [-0.39, 0.29) is 6.04 Å². The predicted octanol–water partition coefficient (Wildman–Crippen LogP) is 1.41. The van der Waals surface area contributed by atoms with E-state index in [0.29, 0.717) is 0 Å². The molecule has 0 saturated heterocycles. The number of methoxy groups -OCH3 is 1. The Balaban J connectivity index is 1.69. The summed E-state index contributed by atoms with van der Waals surface area (Å²) in [7, 11) is 1.68. The Morgan fingerprint density at radius 3 is 3.05 bits per heavy atom. The molecule has 1 aliphatic rings. The minimum atomic E-state index is -0.0485. The molecule has 0 spiro atoms. The number of fused-ring (bicyclic) bond motifs is 1. The number of rotatable bonds is 4. The number of ether oxygens (including phenoxy) is 1. The van der Waals surface area contributed by atoms with Crippen LogP contribution in [0.2, 0.25) is 0 Å². The second kappa shape index (κ2) is 5.64. The van der Waals surface area contributed by atoms with E-state index in [0.717, 1.165) is 43.3 Å². The number of para-hydroxylation sites is 1. The zero-order chi connectivity index (χ0) is 13.9. The highest BCUT2D eigenvalue weighted by atomic mass is 16.5. The molecule has 3 rings (SSSR count). The molecule has 0 radical (unpaired) electrons. The molecule has 0 saturated carbocycles. The van der Waals surface area contributed by atoms with Gasteiger partial charge in [-0.05, 0) is 6.07 Å².